The van der Waals surface area contributed by atoms with E-state index in [1.54, 1.807) is 0 Å². The predicted molar refractivity (Wildman–Crippen MR) is 99.5 cm³/mol. The van der Waals surface area contributed by atoms with E-state index in [0.29, 0.717) is 12.0 Å². The van der Waals surface area contributed by atoms with Gasteiger partial charge in [-0.25, -0.2) is 0 Å². The van der Waals surface area contributed by atoms with Gasteiger partial charge in [0.2, 0.25) is 5.91 Å². The second kappa shape index (κ2) is 7.32. The molecule has 24 heavy (non-hydrogen) atoms. The molecule has 3 rings (SSSR count). The highest BCUT2D eigenvalue weighted by atomic mass is 35.5. The van der Waals surface area contributed by atoms with Crippen LogP contribution in [0.3, 0.4) is 0 Å². The maximum Gasteiger partial charge on any atom is 0.221 e. The van der Waals surface area contributed by atoms with Gasteiger partial charge in [-0.1, -0.05) is 12.1 Å². The van der Waals surface area contributed by atoms with Crippen molar-refractivity contribution in [2.75, 3.05) is 5.32 Å². The van der Waals surface area contributed by atoms with Crippen LogP contribution >= 0.6 is 12.4 Å². The van der Waals surface area contributed by atoms with Gasteiger partial charge >= 0.3 is 0 Å². The summed E-state index contributed by atoms with van der Waals surface area (Å²) >= 11 is 0. The number of hydrogen-bond donors (Lipinski definition) is 2. The number of benzene rings is 1. The Morgan fingerprint density at radius 1 is 1.12 bits per heavy atom. The number of hydrogen-bond acceptors (Lipinski definition) is 3. The van der Waals surface area contributed by atoms with Gasteiger partial charge in [-0.05, 0) is 55.7 Å². The quantitative estimate of drug-likeness (QED) is 0.882. The SMILES string of the molecule is CC(=O)Nc1ccc([C@H]2C[C@H](c3ccncc3)C(C)(C)N2)cc1.Cl. The fraction of sp³-hybridized carbons (Fsp3) is 0.368. The Morgan fingerprint density at radius 3 is 2.33 bits per heavy atom. The number of nitrogens with one attached hydrogen (secondary N) is 2. The monoisotopic (exact) mass is 345 g/mol. The van der Waals surface area contributed by atoms with Crippen LogP contribution in [-0.4, -0.2) is 16.4 Å². The lowest BCUT2D eigenvalue weighted by atomic mass is 9.83. The van der Waals surface area contributed by atoms with Crippen LogP contribution < -0.4 is 10.6 Å². The van der Waals surface area contributed by atoms with E-state index < -0.39 is 0 Å². The van der Waals surface area contributed by atoms with Crippen LogP contribution in [0.5, 0.6) is 0 Å². The van der Waals surface area contributed by atoms with Crippen molar-refractivity contribution in [3.63, 3.8) is 0 Å². The highest BCUT2D eigenvalue weighted by Crippen LogP contribution is 2.43. The topological polar surface area (TPSA) is 54.0 Å². The number of carbonyl (C=O) groups excluding carboxylic acids is 1. The highest BCUT2D eigenvalue weighted by molar-refractivity contribution is 5.88. The van der Waals surface area contributed by atoms with Gasteiger partial charge in [0.05, 0.1) is 0 Å². The summed E-state index contributed by atoms with van der Waals surface area (Å²) in [6, 6.07) is 12.6. The molecule has 2 aromatic rings. The average molecular weight is 346 g/mol. The summed E-state index contributed by atoms with van der Waals surface area (Å²) in [7, 11) is 0. The minimum atomic E-state index is -0.0457. The van der Waals surface area contributed by atoms with Gasteiger partial charge in [-0.2, -0.15) is 0 Å². The van der Waals surface area contributed by atoms with Gasteiger partial charge in [-0.15, -0.1) is 12.4 Å². The van der Waals surface area contributed by atoms with Crippen LogP contribution in [0.2, 0.25) is 0 Å². The summed E-state index contributed by atoms with van der Waals surface area (Å²) < 4.78 is 0. The molecular weight excluding hydrogens is 322 g/mol. The number of nitrogens with zero attached hydrogens (tertiary/aromatic N) is 1. The van der Waals surface area contributed by atoms with Crippen molar-refractivity contribution in [2.45, 2.75) is 44.7 Å². The normalized spacial score (nSPS) is 21.8. The van der Waals surface area contributed by atoms with Gasteiger partial charge in [0.1, 0.15) is 0 Å². The maximum atomic E-state index is 11.1. The van der Waals surface area contributed by atoms with Crippen molar-refractivity contribution in [1.29, 1.82) is 0 Å². The lowest BCUT2D eigenvalue weighted by Crippen LogP contribution is -2.37. The highest BCUT2D eigenvalue weighted by Gasteiger charge is 2.40. The first-order valence-electron chi connectivity index (χ1n) is 8.01. The Kier molecular flexibility index (Phi) is 5.62. The van der Waals surface area contributed by atoms with Crippen LogP contribution in [-0.2, 0) is 4.79 Å². The molecule has 1 aliphatic heterocycles. The number of pyridine rings is 1. The molecule has 1 aromatic heterocycles. The van der Waals surface area contributed by atoms with E-state index in [4.69, 9.17) is 0 Å². The van der Waals surface area contributed by atoms with Crippen LogP contribution in [0.1, 0.15) is 50.3 Å². The molecule has 0 spiro atoms. The lowest BCUT2D eigenvalue weighted by molar-refractivity contribution is -0.114. The van der Waals surface area contributed by atoms with E-state index in [-0.39, 0.29) is 23.9 Å². The molecule has 128 valence electrons. The first-order chi connectivity index (χ1) is 11.0. The molecule has 0 bridgehead atoms. The third-order valence-corrected chi connectivity index (χ3v) is 4.63. The molecule has 2 heterocycles. The lowest BCUT2D eigenvalue weighted by Gasteiger charge is -2.27. The fourth-order valence-electron chi connectivity index (χ4n) is 3.51. The minimum Gasteiger partial charge on any atom is -0.326 e. The number of aromatic nitrogens is 1. The van der Waals surface area contributed by atoms with E-state index >= 15 is 0 Å². The molecule has 5 heteroatoms. The molecular formula is C19H24ClN3O. The molecule has 1 amide bonds. The van der Waals surface area contributed by atoms with Crippen molar-refractivity contribution in [3.8, 4) is 0 Å². The Labute approximate surface area is 149 Å². The van der Waals surface area contributed by atoms with E-state index in [1.165, 1.54) is 18.1 Å². The third-order valence-electron chi connectivity index (χ3n) is 4.63. The van der Waals surface area contributed by atoms with Crippen molar-refractivity contribution in [1.82, 2.24) is 10.3 Å². The number of halogens is 1. The number of carbonyl (C=O) groups is 1. The van der Waals surface area contributed by atoms with Crippen LogP contribution in [0.15, 0.2) is 48.8 Å². The Hall–Kier alpha value is -1.91. The largest absolute Gasteiger partial charge is 0.326 e. The summed E-state index contributed by atoms with van der Waals surface area (Å²) in [6.45, 7) is 6.03. The zero-order valence-electron chi connectivity index (χ0n) is 14.2. The summed E-state index contributed by atoms with van der Waals surface area (Å²) in [4.78, 5) is 15.2. The molecule has 0 unspecified atom stereocenters. The summed E-state index contributed by atoms with van der Waals surface area (Å²) in [5, 5.41) is 6.55. The van der Waals surface area contributed by atoms with Crippen molar-refractivity contribution in [2.24, 2.45) is 0 Å². The second-order valence-electron chi connectivity index (χ2n) is 6.79. The molecule has 1 saturated heterocycles. The smallest absolute Gasteiger partial charge is 0.221 e. The molecule has 4 nitrogen and oxygen atoms in total. The van der Waals surface area contributed by atoms with Gasteiger partial charge in [0.15, 0.2) is 0 Å². The van der Waals surface area contributed by atoms with Crippen LogP contribution in [0.4, 0.5) is 5.69 Å². The van der Waals surface area contributed by atoms with E-state index in [1.807, 2.05) is 24.5 Å². The van der Waals surface area contributed by atoms with Crippen LogP contribution in [0, 0.1) is 0 Å². The number of amides is 1. The molecule has 0 saturated carbocycles. The zero-order chi connectivity index (χ0) is 16.4. The Bertz CT molecular complexity index is 686. The summed E-state index contributed by atoms with van der Waals surface area (Å²) in [5.74, 6) is 0.404. The Morgan fingerprint density at radius 2 is 1.75 bits per heavy atom. The van der Waals surface area contributed by atoms with Crippen LogP contribution in [0.25, 0.3) is 0 Å². The van der Waals surface area contributed by atoms with Gasteiger partial charge < -0.3 is 10.6 Å². The first kappa shape index (κ1) is 18.4. The molecule has 2 atom stereocenters. The van der Waals surface area contributed by atoms with Crippen molar-refractivity contribution >= 4 is 24.0 Å². The van der Waals surface area contributed by atoms with Gasteiger partial charge in [0.25, 0.3) is 0 Å². The first-order valence-corrected chi connectivity index (χ1v) is 8.01. The molecule has 1 fully saturated rings. The summed E-state index contributed by atoms with van der Waals surface area (Å²) in [6.07, 6.45) is 4.78. The standard InChI is InChI=1S/C19H23N3O.ClH/c1-13(23)21-16-6-4-15(5-7-16)18-12-17(19(2,3)22-18)14-8-10-20-11-9-14;/h4-11,17-18,22H,12H2,1-3H3,(H,21,23);1H/t17-,18-;/m1./s1. The third kappa shape index (κ3) is 3.94. The second-order valence-corrected chi connectivity index (χ2v) is 6.79. The molecule has 0 aliphatic carbocycles. The average Bonchev–Trinajstić information content (AvgIpc) is 2.84. The van der Waals surface area contributed by atoms with E-state index in [9.17, 15) is 4.79 Å². The predicted octanol–water partition coefficient (Wildman–Crippen LogP) is 4.06. The molecule has 2 N–H and O–H groups in total. The number of rotatable bonds is 3. The molecule has 1 aromatic carbocycles. The van der Waals surface area contributed by atoms with Gasteiger partial charge in [-0.3, -0.25) is 9.78 Å². The molecule has 0 radical (unpaired) electrons. The van der Waals surface area contributed by atoms with E-state index in [0.717, 1.165) is 12.1 Å². The minimum absolute atomic E-state index is 0. The number of anilines is 1. The fourth-order valence-corrected chi connectivity index (χ4v) is 3.51. The van der Waals surface area contributed by atoms with Crippen molar-refractivity contribution in [3.05, 3.63) is 59.9 Å². The van der Waals surface area contributed by atoms with Gasteiger partial charge in [0, 0.05) is 42.5 Å². The molecule has 1 aliphatic rings. The van der Waals surface area contributed by atoms with E-state index in [2.05, 4.69) is 53.7 Å². The zero-order valence-corrected chi connectivity index (χ0v) is 15.1. The summed E-state index contributed by atoms with van der Waals surface area (Å²) in [5.41, 5.74) is 3.45. The van der Waals surface area contributed by atoms with Crippen molar-refractivity contribution < 1.29 is 4.79 Å². The Balaban J connectivity index is 0.00000208. The maximum absolute atomic E-state index is 11.1.